The first-order valence-corrected chi connectivity index (χ1v) is 7.68. The van der Waals surface area contributed by atoms with Crippen molar-refractivity contribution in [2.45, 2.75) is 39.5 Å². The summed E-state index contributed by atoms with van der Waals surface area (Å²) in [7, 11) is 0. The lowest BCUT2D eigenvalue weighted by Crippen LogP contribution is -2.32. The van der Waals surface area contributed by atoms with Crippen LogP contribution in [0.5, 0.6) is 0 Å². The van der Waals surface area contributed by atoms with Crippen molar-refractivity contribution in [1.29, 1.82) is 0 Å². The second-order valence-electron chi connectivity index (χ2n) is 5.28. The molecule has 0 atom stereocenters. The van der Waals surface area contributed by atoms with Crippen LogP contribution in [-0.4, -0.2) is 23.7 Å². The van der Waals surface area contributed by atoms with Gasteiger partial charge in [0.25, 0.3) is 0 Å². The Kier molecular flexibility index (Phi) is 4.65. The first-order chi connectivity index (χ1) is 9.49. The number of aromatic carboxylic acids is 1. The van der Waals surface area contributed by atoms with Crippen LogP contribution >= 0.6 is 11.3 Å². The Morgan fingerprint density at radius 3 is 2.55 bits per heavy atom. The minimum Gasteiger partial charge on any atom is -0.478 e. The maximum Gasteiger partial charge on any atom is 0.338 e. The highest BCUT2D eigenvalue weighted by molar-refractivity contribution is 7.16. The van der Waals surface area contributed by atoms with Crippen LogP contribution in [-0.2, 0) is 0 Å². The number of carboxylic acid groups (broad SMARTS) is 1. The van der Waals surface area contributed by atoms with E-state index in [2.05, 4.69) is 10.6 Å². The van der Waals surface area contributed by atoms with Crippen molar-refractivity contribution in [2.24, 2.45) is 5.92 Å². The van der Waals surface area contributed by atoms with Crippen molar-refractivity contribution < 1.29 is 14.7 Å². The zero-order valence-corrected chi connectivity index (χ0v) is 12.6. The summed E-state index contributed by atoms with van der Waals surface area (Å²) in [6.45, 7) is 4.28. The van der Waals surface area contributed by atoms with Gasteiger partial charge in [0.1, 0.15) is 5.00 Å². The van der Waals surface area contributed by atoms with Crippen LogP contribution in [0.4, 0.5) is 9.80 Å². The number of carbonyl (C=O) groups is 2. The first kappa shape index (κ1) is 14.8. The molecule has 1 saturated carbocycles. The summed E-state index contributed by atoms with van der Waals surface area (Å²) in [5, 5.41) is 15.1. The van der Waals surface area contributed by atoms with Crippen LogP contribution < -0.4 is 10.6 Å². The Balaban J connectivity index is 1.96. The number of anilines is 1. The molecule has 5 nitrogen and oxygen atoms in total. The normalized spacial score (nSPS) is 15.3. The Morgan fingerprint density at radius 2 is 1.95 bits per heavy atom. The lowest BCUT2D eigenvalue weighted by molar-refractivity contribution is 0.0697. The second-order valence-corrected chi connectivity index (χ2v) is 6.50. The fourth-order valence-electron chi connectivity index (χ4n) is 2.57. The van der Waals surface area contributed by atoms with Crippen LogP contribution in [0.3, 0.4) is 0 Å². The smallest absolute Gasteiger partial charge is 0.338 e. The number of aryl methyl sites for hydroxylation is 1. The predicted octanol–water partition coefficient (Wildman–Crippen LogP) is 3.37. The van der Waals surface area contributed by atoms with E-state index in [1.807, 2.05) is 6.92 Å². The molecule has 1 aliphatic carbocycles. The quantitative estimate of drug-likeness (QED) is 0.797. The second kappa shape index (κ2) is 6.26. The van der Waals surface area contributed by atoms with Gasteiger partial charge in [0.2, 0.25) is 0 Å². The highest BCUT2D eigenvalue weighted by Gasteiger charge is 2.21. The van der Waals surface area contributed by atoms with E-state index in [0.29, 0.717) is 23.0 Å². The van der Waals surface area contributed by atoms with Gasteiger partial charge in [0, 0.05) is 11.4 Å². The molecule has 0 saturated heterocycles. The highest BCUT2D eigenvalue weighted by atomic mass is 32.1. The van der Waals surface area contributed by atoms with E-state index in [0.717, 1.165) is 17.7 Å². The molecule has 1 heterocycles. The summed E-state index contributed by atoms with van der Waals surface area (Å²) in [6, 6.07) is -0.319. The van der Waals surface area contributed by atoms with E-state index in [1.54, 1.807) is 6.92 Å². The number of carboxylic acids is 1. The van der Waals surface area contributed by atoms with Gasteiger partial charge in [-0.1, -0.05) is 12.8 Å². The van der Waals surface area contributed by atoms with Crippen LogP contribution in [0.25, 0.3) is 0 Å². The van der Waals surface area contributed by atoms with Gasteiger partial charge in [-0.3, -0.25) is 5.32 Å². The molecule has 0 spiro atoms. The Bertz CT molecular complexity index is 519. The summed E-state index contributed by atoms with van der Waals surface area (Å²) >= 11 is 1.30. The molecule has 0 aromatic carbocycles. The van der Waals surface area contributed by atoms with E-state index in [1.165, 1.54) is 24.2 Å². The summed E-state index contributed by atoms with van der Waals surface area (Å²) < 4.78 is 0. The summed E-state index contributed by atoms with van der Waals surface area (Å²) in [5.74, 6) is -0.440. The Morgan fingerprint density at radius 1 is 1.30 bits per heavy atom. The van der Waals surface area contributed by atoms with Gasteiger partial charge in [-0.15, -0.1) is 11.3 Å². The first-order valence-electron chi connectivity index (χ1n) is 6.87. The molecule has 1 aromatic rings. The van der Waals surface area contributed by atoms with Crippen LogP contribution in [0.1, 0.15) is 46.5 Å². The highest BCUT2D eigenvalue weighted by Crippen LogP contribution is 2.32. The number of nitrogens with one attached hydrogen (secondary N) is 2. The standard InChI is InChI=1S/C14H20N2O3S/c1-8-9(2)20-12(11(8)13(17)18)16-14(19)15-7-10-5-3-4-6-10/h10H,3-7H2,1-2H3,(H,17,18)(H2,15,16,19). The molecule has 110 valence electrons. The molecule has 6 heteroatoms. The molecule has 2 rings (SSSR count). The number of rotatable bonds is 4. The van der Waals surface area contributed by atoms with Gasteiger partial charge in [-0.05, 0) is 38.2 Å². The van der Waals surface area contributed by atoms with Gasteiger partial charge >= 0.3 is 12.0 Å². The number of thiophene rings is 1. The predicted molar refractivity (Wildman–Crippen MR) is 79.7 cm³/mol. The number of hydrogen-bond donors (Lipinski definition) is 3. The average Bonchev–Trinajstić information content (AvgIpc) is 2.96. The van der Waals surface area contributed by atoms with Gasteiger partial charge < -0.3 is 10.4 Å². The van der Waals surface area contributed by atoms with Gasteiger partial charge in [0.05, 0.1) is 5.56 Å². The van der Waals surface area contributed by atoms with Crippen molar-refractivity contribution in [1.82, 2.24) is 5.32 Å². The number of carbonyl (C=O) groups excluding carboxylic acids is 1. The van der Waals surface area contributed by atoms with Crippen LogP contribution in [0.15, 0.2) is 0 Å². The summed E-state index contributed by atoms with van der Waals surface area (Å²) in [5.41, 5.74) is 0.914. The van der Waals surface area contributed by atoms with Gasteiger partial charge in [-0.2, -0.15) is 0 Å². The molecular formula is C14H20N2O3S. The zero-order valence-electron chi connectivity index (χ0n) is 11.8. The lowest BCUT2D eigenvalue weighted by Gasteiger charge is -2.11. The third-order valence-electron chi connectivity index (χ3n) is 3.85. The summed E-state index contributed by atoms with van der Waals surface area (Å²) in [6.07, 6.45) is 4.80. The Hall–Kier alpha value is -1.56. The number of urea groups is 1. The molecular weight excluding hydrogens is 276 g/mol. The minimum absolute atomic E-state index is 0.198. The van der Waals surface area contributed by atoms with Crippen molar-refractivity contribution in [3.63, 3.8) is 0 Å². The van der Waals surface area contributed by atoms with Crippen LogP contribution in [0, 0.1) is 19.8 Å². The van der Waals surface area contributed by atoms with Crippen LogP contribution in [0.2, 0.25) is 0 Å². The molecule has 20 heavy (non-hydrogen) atoms. The molecule has 2 amide bonds. The molecule has 3 N–H and O–H groups in total. The fraction of sp³-hybridized carbons (Fsp3) is 0.571. The molecule has 0 unspecified atom stereocenters. The third kappa shape index (κ3) is 3.30. The number of hydrogen-bond acceptors (Lipinski definition) is 3. The topological polar surface area (TPSA) is 78.4 Å². The lowest BCUT2D eigenvalue weighted by atomic mass is 10.1. The molecule has 1 aromatic heterocycles. The van der Waals surface area contributed by atoms with E-state index in [-0.39, 0.29) is 11.6 Å². The van der Waals surface area contributed by atoms with E-state index >= 15 is 0 Å². The summed E-state index contributed by atoms with van der Waals surface area (Å²) in [4.78, 5) is 24.0. The van der Waals surface area contributed by atoms with E-state index in [9.17, 15) is 14.7 Å². The van der Waals surface area contributed by atoms with Crippen molar-refractivity contribution in [3.8, 4) is 0 Å². The monoisotopic (exact) mass is 296 g/mol. The maximum absolute atomic E-state index is 11.9. The molecule has 0 radical (unpaired) electrons. The molecule has 1 aliphatic rings. The molecule has 1 fully saturated rings. The van der Waals surface area contributed by atoms with Gasteiger partial charge in [0.15, 0.2) is 0 Å². The average molecular weight is 296 g/mol. The van der Waals surface area contributed by atoms with Crippen molar-refractivity contribution in [3.05, 3.63) is 16.0 Å². The minimum atomic E-state index is -1.00. The Labute approximate surface area is 122 Å². The third-order valence-corrected chi connectivity index (χ3v) is 4.97. The maximum atomic E-state index is 11.9. The van der Waals surface area contributed by atoms with Gasteiger partial charge in [-0.25, -0.2) is 9.59 Å². The molecule has 0 bridgehead atoms. The largest absolute Gasteiger partial charge is 0.478 e. The van der Waals surface area contributed by atoms with Crippen molar-refractivity contribution >= 4 is 28.3 Å². The SMILES string of the molecule is Cc1sc(NC(=O)NCC2CCCC2)c(C(=O)O)c1C. The van der Waals surface area contributed by atoms with Crippen molar-refractivity contribution in [2.75, 3.05) is 11.9 Å². The molecule has 0 aliphatic heterocycles. The van der Waals surface area contributed by atoms with E-state index < -0.39 is 5.97 Å². The number of amides is 2. The fourth-order valence-corrected chi connectivity index (χ4v) is 3.62. The van der Waals surface area contributed by atoms with E-state index in [4.69, 9.17) is 0 Å². The zero-order chi connectivity index (χ0) is 14.7.